The van der Waals surface area contributed by atoms with Crippen molar-refractivity contribution < 1.29 is 49.3 Å². The molecule has 0 unspecified atom stereocenters. The topological polar surface area (TPSA) is 181 Å². The van der Waals surface area contributed by atoms with Crippen LogP contribution >= 0.6 is 0 Å². The highest BCUT2D eigenvalue weighted by Crippen LogP contribution is 2.61. The number of aliphatic carboxylic acids is 4. The van der Waals surface area contributed by atoms with Crippen LogP contribution in [0.4, 0.5) is 0 Å². The molecule has 4 saturated heterocycles. The summed E-state index contributed by atoms with van der Waals surface area (Å²) in [5, 5.41) is 45.2. The lowest BCUT2D eigenvalue weighted by atomic mass is 9.52. The van der Waals surface area contributed by atoms with E-state index in [-0.39, 0.29) is 80.8 Å². The van der Waals surface area contributed by atoms with Gasteiger partial charge in [-0.1, -0.05) is 129 Å². The molecule has 0 aromatic carbocycles. The van der Waals surface area contributed by atoms with Gasteiger partial charge in [-0.15, -0.1) is 0 Å². The summed E-state index contributed by atoms with van der Waals surface area (Å²) in [6.45, 7) is 42.1. The normalized spacial score (nSPS) is 22.7. The SMILES string of the molecule is CCCCCCCCON1C(C)(C)CC(C(CCCCCCCC(=O)O)(C(=O)O)C2CC(C)(C)N(OCCCCCCCC)C(C)(C)C2)CC1(C)C.CN1C(C)(C)CC(C(CCCCCCCC(=O)O)(C(=O)O)C2CC(C)(C)N(C)C(C)(C)C2)CC1(C)C. The van der Waals surface area contributed by atoms with E-state index in [1.54, 1.807) is 0 Å². The minimum atomic E-state index is -0.888. The number of likely N-dealkylation sites (tertiary alicyclic amines) is 2. The first kappa shape index (κ1) is 79.9. The lowest BCUT2D eigenvalue weighted by Crippen LogP contribution is -2.67. The molecular formula is C74H140N4O10. The van der Waals surface area contributed by atoms with E-state index in [1.165, 1.54) is 64.2 Å². The predicted octanol–water partition coefficient (Wildman–Crippen LogP) is 18.7. The van der Waals surface area contributed by atoms with Crippen molar-refractivity contribution in [3.05, 3.63) is 0 Å². The Bertz CT molecular complexity index is 1940. The molecule has 14 nitrogen and oxygen atoms in total. The van der Waals surface area contributed by atoms with Gasteiger partial charge in [0.1, 0.15) is 0 Å². The van der Waals surface area contributed by atoms with Gasteiger partial charge in [0.15, 0.2) is 0 Å². The Balaban J connectivity index is 0.000000491. The van der Waals surface area contributed by atoms with Crippen molar-refractivity contribution in [3.63, 3.8) is 0 Å². The van der Waals surface area contributed by atoms with Gasteiger partial charge in [0.25, 0.3) is 0 Å². The van der Waals surface area contributed by atoms with Gasteiger partial charge in [-0.05, 0) is 238 Å². The average Bonchev–Trinajstić information content (AvgIpc) is 0.805. The molecule has 4 aliphatic heterocycles. The molecule has 88 heavy (non-hydrogen) atoms. The van der Waals surface area contributed by atoms with Gasteiger partial charge in [-0.3, -0.25) is 38.7 Å². The van der Waals surface area contributed by atoms with Crippen LogP contribution in [0, 0.1) is 34.5 Å². The van der Waals surface area contributed by atoms with Crippen LogP contribution in [0.2, 0.25) is 0 Å². The number of hydroxylamine groups is 4. The summed E-state index contributed by atoms with van der Waals surface area (Å²) in [6.07, 6.45) is 31.7. The highest BCUT2D eigenvalue weighted by atomic mass is 16.7. The van der Waals surface area contributed by atoms with Crippen LogP contribution in [0.25, 0.3) is 0 Å². The van der Waals surface area contributed by atoms with Crippen LogP contribution in [-0.2, 0) is 28.9 Å². The van der Waals surface area contributed by atoms with Gasteiger partial charge >= 0.3 is 23.9 Å². The number of nitrogens with zero attached hydrogens (tertiary/aromatic N) is 4. The molecular weight excluding hydrogens is 1100 g/mol. The number of hydrogen-bond donors (Lipinski definition) is 4. The molecule has 0 saturated carbocycles. The van der Waals surface area contributed by atoms with Crippen LogP contribution in [0.15, 0.2) is 0 Å². The molecule has 516 valence electrons. The minimum Gasteiger partial charge on any atom is -0.481 e. The minimum absolute atomic E-state index is 0.0110. The van der Waals surface area contributed by atoms with E-state index in [2.05, 4.69) is 159 Å². The van der Waals surface area contributed by atoms with Crippen LogP contribution < -0.4 is 0 Å². The van der Waals surface area contributed by atoms with Crippen LogP contribution in [-0.4, -0.2) is 136 Å². The fourth-order valence-corrected chi connectivity index (χ4v) is 18.3. The number of carboxylic acid groups (broad SMARTS) is 4. The molecule has 0 spiro atoms. The zero-order valence-corrected chi connectivity index (χ0v) is 60.8. The first-order valence-corrected chi connectivity index (χ1v) is 35.9. The van der Waals surface area contributed by atoms with Crippen LogP contribution in [0.1, 0.15) is 343 Å². The van der Waals surface area contributed by atoms with E-state index in [0.717, 1.165) is 116 Å². The Morgan fingerprint density at radius 1 is 0.341 bits per heavy atom. The number of piperidine rings is 4. The van der Waals surface area contributed by atoms with Gasteiger partial charge in [0.05, 0.1) is 24.0 Å². The molecule has 0 bridgehead atoms. The molecule has 0 atom stereocenters. The van der Waals surface area contributed by atoms with Crippen molar-refractivity contribution in [2.24, 2.45) is 34.5 Å². The summed E-state index contributed by atoms with van der Waals surface area (Å²) in [6, 6.07) is 0. The first-order chi connectivity index (χ1) is 40.7. The second-order valence-corrected chi connectivity index (χ2v) is 33.8. The van der Waals surface area contributed by atoms with Crippen LogP contribution in [0.3, 0.4) is 0 Å². The summed E-state index contributed by atoms with van der Waals surface area (Å²) < 4.78 is 0. The van der Waals surface area contributed by atoms with Crippen molar-refractivity contribution in [2.45, 2.75) is 387 Å². The predicted molar refractivity (Wildman–Crippen MR) is 361 cm³/mol. The molecule has 0 aliphatic carbocycles. The monoisotopic (exact) mass is 1250 g/mol. The number of carboxylic acids is 4. The maximum Gasteiger partial charge on any atom is 0.310 e. The third-order valence-corrected chi connectivity index (χ3v) is 22.9. The number of rotatable bonds is 38. The molecule has 4 N–H and O–H groups in total. The molecule has 14 heteroatoms. The molecule has 0 amide bonds. The number of hydrogen-bond acceptors (Lipinski definition) is 10. The van der Waals surface area contributed by atoms with E-state index < -0.39 is 34.7 Å². The van der Waals surface area contributed by atoms with Gasteiger partial charge in [0.2, 0.25) is 0 Å². The smallest absolute Gasteiger partial charge is 0.310 e. The van der Waals surface area contributed by atoms with Crippen LogP contribution in [0.5, 0.6) is 0 Å². The summed E-state index contributed by atoms with van der Waals surface area (Å²) in [7, 11) is 4.38. The third kappa shape index (κ3) is 21.9. The van der Waals surface area contributed by atoms with Gasteiger partial charge < -0.3 is 20.4 Å². The molecule has 0 aromatic rings. The van der Waals surface area contributed by atoms with Crippen molar-refractivity contribution in [3.8, 4) is 0 Å². The lowest BCUT2D eigenvalue weighted by molar-refractivity contribution is -0.307. The molecule has 0 radical (unpaired) electrons. The largest absolute Gasteiger partial charge is 0.481 e. The highest BCUT2D eigenvalue weighted by Gasteiger charge is 2.63. The van der Waals surface area contributed by atoms with E-state index in [4.69, 9.17) is 19.9 Å². The zero-order chi connectivity index (χ0) is 66.8. The standard InChI is InChI=1S/C44H84N2O6.C30H56N2O4/c1-11-13-15-17-22-26-30-51-45-40(3,4)32-36(33-41(45,5)6)44(39(49)50,29-25-21-19-20-24-28-38(47)48)37-34-42(7,8)46(43(9,10)35-37)52-31-27-23-18-16-14-12-2;1-26(2)18-22(19-27(3,4)31(26)9)30(25(35)36,17-15-13-11-12-14-16-24(33)34)23-20-28(5,6)32(10)29(7,8)21-23/h36-37H,11-35H2,1-10H3,(H,47,48)(H,49,50);22-23H,11-21H2,1-10H3,(H,33,34)(H,35,36). The van der Waals surface area contributed by atoms with E-state index >= 15 is 0 Å². The van der Waals surface area contributed by atoms with Crippen molar-refractivity contribution in [1.82, 2.24) is 19.9 Å². The Labute approximate surface area is 539 Å². The average molecular weight is 1250 g/mol. The van der Waals surface area contributed by atoms with Gasteiger partial charge in [0, 0.05) is 57.2 Å². The number of unbranched alkanes of at least 4 members (excludes halogenated alkanes) is 18. The maximum atomic E-state index is 14.2. The summed E-state index contributed by atoms with van der Waals surface area (Å²) in [5.41, 5.74) is -3.21. The Kier molecular flexibility index (Phi) is 31.0. The molecule has 4 rings (SSSR count). The van der Waals surface area contributed by atoms with E-state index in [9.17, 15) is 29.4 Å². The molecule has 4 heterocycles. The summed E-state index contributed by atoms with van der Waals surface area (Å²) in [4.78, 5) is 67.7. The Morgan fingerprint density at radius 2 is 0.557 bits per heavy atom. The third-order valence-electron chi connectivity index (χ3n) is 22.9. The highest BCUT2D eigenvalue weighted by molar-refractivity contribution is 5.76. The van der Waals surface area contributed by atoms with Gasteiger partial charge in [-0.25, -0.2) is 0 Å². The summed E-state index contributed by atoms with van der Waals surface area (Å²) >= 11 is 0. The van der Waals surface area contributed by atoms with Crippen molar-refractivity contribution in [1.29, 1.82) is 0 Å². The first-order valence-electron chi connectivity index (χ1n) is 35.9. The fraction of sp³-hybridized carbons (Fsp3) is 0.946. The number of carbonyl (C=O) groups is 4. The quantitative estimate of drug-likeness (QED) is 0.0429. The van der Waals surface area contributed by atoms with Gasteiger partial charge in [-0.2, -0.15) is 10.1 Å². The molecule has 4 fully saturated rings. The van der Waals surface area contributed by atoms with E-state index in [1.807, 2.05) is 0 Å². The second-order valence-electron chi connectivity index (χ2n) is 33.8. The molecule has 0 aromatic heterocycles. The second kappa shape index (κ2) is 34.2. The molecule has 4 aliphatic rings. The lowest BCUT2D eigenvalue weighted by Gasteiger charge is -2.61. The Morgan fingerprint density at radius 3 is 0.795 bits per heavy atom. The zero-order valence-electron chi connectivity index (χ0n) is 60.8. The Hall–Kier alpha value is -2.36. The fourth-order valence-electron chi connectivity index (χ4n) is 18.3. The van der Waals surface area contributed by atoms with E-state index in [0.29, 0.717) is 38.9 Å². The van der Waals surface area contributed by atoms with Crippen molar-refractivity contribution in [2.75, 3.05) is 27.3 Å². The van der Waals surface area contributed by atoms with Crippen molar-refractivity contribution >= 4 is 23.9 Å². The summed E-state index contributed by atoms with van der Waals surface area (Å²) in [5.74, 6) is -2.52. The maximum absolute atomic E-state index is 14.2.